The van der Waals surface area contributed by atoms with Gasteiger partial charge in [-0.3, -0.25) is 25.2 Å². The number of halogens is 1. The first-order valence-electron chi connectivity index (χ1n) is 10.5. The molecule has 0 spiro atoms. The van der Waals surface area contributed by atoms with Gasteiger partial charge in [-0.05, 0) is 44.0 Å². The van der Waals surface area contributed by atoms with Crippen molar-refractivity contribution in [1.82, 2.24) is 16.3 Å². The zero-order chi connectivity index (χ0) is 24.2. The third-order valence-electron chi connectivity index (χ3n) is 5.38. The lowest BCUT2D eigenvalue weighted by Gasteiger charge is -2.13. The summed E-state index contributed by atoms with van der Waals surface area (Å²) in [5, 5.41) is 14.3. The Hall–Kier alpha value is -4.11. The molecule has 174 valence electrons. The summed E-state index contributed by atoms with van der Waals surface area (Å²) in [7, 11) is 0. The minimum absolute atomic E-state index is 0.0334. The molecule has 10 heteroatoms. The Labute approximate surface area is 199 Å². The number of carbonyl (C=O) groups excluding carboxylic acids is 3. The lowest BCUT2D eigenvalue weighted by molar-refractivity contribution is 0.0829. The minimum Gasteiger partial charge on any atom is -0.507 e. The van der Waals surface area contributed by atoms with Crippen LogP contribution < -0.4 is 16.3 Å². The Morgan fingerprint density at radius 1 is 0.941 bits per heavy atom. The molecule has 2 aromatic carbocycles. The predicted molar refractivity (Wildman–Crippen MR) is 125 cm³/mol. The first kappa shape index (κ1) is 23.1. The number of phenols is 1. The zero-order valence-corrected chi connectivity index (χ0v) is 18.9. The van der Waals surface area contributed by atoms with Gasteiger partial charge in [0, 0.05) is 17.5 Å². The van der Waals surface area contributed by atoms with E-state index < -0.39 is 17.7 Å². The quantitative estimate of drug-likeness (QED) is 0.424. The number of carbonyl (C=O) groups is 3. The van der Waals surface area contributed by atoms with Gasteiger partial charge in [0.2, 0.25) is 0 Å². The SMILES string of the molecule is Cc1c(C(=O)NNC(=O)c2ccccc2Cl)oc2c1/C(=N/NC(=O)c1ccccc1O)CCC2. The highest BCUT2D eigenvalue weighted by atomic mass is 35.5. The number of benzene rings is 2. The molecule has 3 aromatic rings. The summed E-state index contributed by atoms with van der Waals surface area (Å²) in [6.45, 7) is 1.71. The molecule has 4 rings (SSSR count). The maximum absolute atomic E-state index is 12.7. The van der Waals surface area contributed by atoms with E-state index in [4.69, 9.17) is 16.0 Å². The fraction of sp³-hybridized carbons (Fsp3) is 0.167. The molecule has 1 aliphatic carbocycles. The molecule has 0 atom stereocenters. The van der Waals surface area contributed by atoms with Crippen LogP contribution in [0.2, 0.25) is 5.02 Å². The lowest BCUT2D eigenvalue weighted by atomic mass is 9.93. The molecule has 0 radical (unpaired) electrons. The number of fused-ring (bicyclic) bond motifs is 1. The predicted octanol–water partition coefficient (Wildman–Crippen LogP) is 3.49. The molecule has 0 aliphatic heterocycles. The summed E-state index contributed by atoms with van der Waals surface area (Å²) in [6.07, 6.45) is 1.89. The molecule has 9 nitrogen and oxygen atoms in total. The molecule has 1 heterocycles. The van der Waals surface area contributed by atoms with E-state index in [2.05, 4.69) is 21.4 Å². The average molecular weight is 481 g/mol. The second-order valence-corrected chi connectivity index (χ2v) is 8.02. The van der Waals surface area contributed by atoms with Crippen molar-refractivity contribution in [1.29, 1.82) is 0 Å². The monoisotopic (exact) mass is 480 g/mol. The first-order valence-corrected chi connectivity index (χ1v) is 10.9. The number of nitrogens with zero attached hydrogens (tertiary/aromatic N) is 1. The summed E-state index contributed by atoms with van der Waals surface area (Å²) < 4.78 is 5.78. The van der Waals surface area contributed by atoms with Gasteiger partial charge in [0.05, 0.1) is 21.9 Å². The maximum Gasteiger partial charge on any atom is 0.305 e. The van der Waals surface area contributed by atoms with E-state index >= 15 is 0 Å². The molecule has 0 saturated heterocycles. The van der Waals surface area contributed by atoms with Gasteiger partial charge in [-0.15, -0.1) is 0 Å². The van der Waals surface area contributed by atoms with Gasteiger partial charge in [-0.2, -0.15) is 5.10 Å². The van der Waals surface area contributed by atoms with Crippen molar-refractivity contribution in [2.24, 2.45) is 5.10 Å². The standard InChI is InChI=1S/C24H21ClN4O5/c1-13-20-17(26-27-23(32)15-8-3-5-11-18(15)30)10-6-12-19(20)34-21(13)24(33)29-28-22(31)14-7-2-4-9-16(14)25/h2-5,7-9,11,30H,6,10,12H2,1H3,(H,27,32)(H,28,31)(H,29,33)/b26-17+. The van der Waals surface area contributed by atoms with Crippen molar-refractivity contribution in [2.45, 2.75) is 26.2 Å². The maximum atomic E-state index is 12.7. The van der Waals surface area contributed by atoms with Crippen LogP contribution in [0, 0.1) is 6.92 Å². The topological polar surface area (TPSA) is 133 Å². The zero-order valence-electron chi connectivity index (χ0n) is 18.1. The Morgan fingerprint density at radius 2 is 1.62 bits per heavy atom. The van der Waals surface area contributed by atoms with Crippen LogP contribution in [0.4, 0.5) is 0 Å². The number of rotatable bonds is 4. The molecule has 0 unspecified atom stereocenters. The van der Waals surface area contributed by atoms with E-state index in [1.54, 1.807) is 37.3 Å². The molecular weight excluding hydrogens is 460 g/mol. The van der Waals surface area contributed by atoms with Crippen LogP contribution in [0.25, 0.3) is 0 Å². The van der Waals surface area contributed by atoms with Crippen LogP contribution in [0.15, 0.2) is 58.0 Å². The van der Waals surface area contributed by atoms with Crippen molar-refractivity contribution in [2.75, 3.05) is 0 Å². The summed E-state index contributed by atoms with van der Waals surface area (Å²) in [5.41, 5.74) is 9.18. The van der Waals surface area contributed by atoms with Crippen molar-refractivity contribution in [3.8, 4) is 5.75 Å². The number of hydrazine groups is 1. The molecule has 3 amide bonds. The second-order valence-electron chi connectivity index (χ2n) is 7.61. The Bertz CT molecular complexity index is 1310. The number of furan rings is 1. The molecule has 34 heavy (non-hydrogen) atoms. The largest absolute Gasteiger partial charge is 0.507 e. The number of aromatic hydroxyl groups is 1. The molecule has 4 N–H and O–H groups in total. The normalized spacial score (nSPS) is 13.8. The lowest BCUT2D eigenvalue weighted by Crippen LogP contribution is -2.41. The van der Waals surface area contributed by atoms with Crippen molar-refractivity contribution < 1.29 is 23.9 Å². The third-order valence-corrected chi connectivity index (χ3v) is 5.71. The second kappa shape index (κ2) is 9.80. The van der Waals surface area contributed by atoms with E-state index in [0.717, 1.165) is 6.42 Å². The number of hydrogen-bond acceptors (Lipinski definition) is 6. The van der Waals surface area contributed by atoms with E-state index in [1.807, 2.05) is 0 Å². The van der Waals surface area contributed by atoms with Gasteiger partial charge in [-0.25, -0.2) is 5.43 Å². The van der Waals surface area contributed by atoms with E-state index in [1.165, 1.54) is 18.2 Å². The molecule has 0 saturated carbocycles. The first-order chi connectivity index (χ1) is 16.4. The van der Waals surface area contributed by atoms with E-state index in [9.17, 15) is 19.5 Å². The van der Waals surface area contributed by atoms with Gasteiger partial charge in [-0.1, -0.05) is 35.9 Å². The van der Waals surface area contributed by atoms with Crippen LogP contribution in [-0.2, 0) is 6.42 Å². The molecule has 1 aromatic heterocycles. The summed E-state index contributed by atoms with van der Waals surface area (Å²) in [6, 6.07) is 12.6. The highest BCUT2D eigenvalue weighted by Crippen LogP contribution is 2.30. The minimum atomic E-state index is -0.634. The number of hydrazone groups is 1. The van der Waals surface area contributed by atoms with Crippen LogP contribution in [0.1, 0.15) is 61.0 Å². The molecule has 0 fully saturated rings. The molecule has 1 aliphatic rings. The summed E-state index contributed by atoms with van der Waals surface area (Å²) >= 11 is 6.01. The van der Waals surface area contributed by atoms with E-state index in [-0.39, 0.29) is 27.7 Å². The highest BCUT2D eigenvalue weighted by Gasteiger charge is 2.28. The van der Waals surface area contributed by atoms with Gasteiger partial charge in [0.15, 0.2) is 5.76 Å². The number of amides is 3. The van der Waals surface area contributed by atoms with Crippen LogP contribution >= 0.6 is 11.6 Å². The summed E-state index contributed by atoms with van der Waals surface area (Å²) in [4.78, 5) is 37.4. The molecule has 0 bridgehead atoms. The van der Waals surface area contributed by atoms with Crippen molar-refractivity contribution >= 4 is 35.0 Å². The molecular formula is C24H21ClN4O5. The summed E-state index contributed by atoms with van der Waals surface area (Å²) in [5.74, 6) is -1.30. The van der Waals surface area contributed by atoms with Gasteiger partial charge >= 0.3 is 5.91 Å². The number of nitrogens with one attached hydrogen (secondary N) is 3. The van der Waals surface area contributed by atoms with Crippen LogP contribution in [-0.4, -0.2) is 28.5 Å². The smallest absolute Gasteiger partial charge is 0.305 e. The Kier molecular flexibility index (Phi) is 6.65. The number of para-hydroxylation sites is 1. The Balaban J connectivity index is 1.50. The van der Waals surface area contributed by atoms with Crippen LogP contribution in [0.5, 0.6) is 5.75 Å². The van der Waals surface area contributed by atoms with E-state index in [0.29, 0.717) is 35.4 Å². The fourth-order valence-corrected chi connectivity index (χ4v) is 3.95. The van der Waals surface area contributed by atoms with Crippen LogP contribution in [0.3, 0.4) is 0 Å². The van der Waals surface area contributed by atoms with Gasteiger partial charge in [0.1, 0.15) is 11.5 Å². The fourth-order valence-electron chi connectivity index (χ4n) is 3.72. The third kappa shape index (κ3) is 4.65. The van der Waals surface area contributed by atoms with Gasteiger partial charge in [0.25, 0.3) is 11.8 Å². The van der Waals surface area contributed by atoms with Gasteiger partial charge < -0.3 is 9.52 Å². The Morgan fingerprint density at radius 3 is 2.35 bits per heavy atom. The van der Waals surface area contributed by atoms with Crippen molar-refractivity contribution in [3.63, 3.8) is 0 Å². The number of hydrogen-bond donors (Lipinski definition) is 4. The number of phenolic OH excluding ortho intramolecular Hbond substituents is 1. The average Bonchev–Trinajstić information content (AvgIpc) is 3.18. The van der Waals surface area contributed by atoms with Crippen molar-refractivity contribution in [3.05, 3.63) is 87.3 Å². The number of aryl methyl sites for hydroxylation is 1. The highest BCUT2D eigenvalue weighted by molar-refractivity contribution is 6.33.